The molecule has 1 rings (SSSR count). The zero-order chi connectivity index (χ0) is 11.7. The average molecular weight is 236 g/mol. The Balaban J connectivity index is 2.60. The Kier molecular flexibility index (Phi) is 3.76. The second-order valence-electron chi connectivity index (χ2n) is 4.75. The van der Waals surface area contributed by atoms with Gasteiger partial charge in [0.05, 0.1) is 18.1 Å². The number of aliphatic hydroxyl groups excluding tert-OH is 1. The fraction of sp³-hybridized carbons (Fsp3) is 1.00. The van der Waals surface area contributed by atoms with Crippen molar-refractivity contribution in [2.45, 2.75) is 25.4 Å². The smallest absolute Gasteiger partial charge is 0.153 e. The van der Waals surface area contributed by atoms with Gasteiger partial charge in [-0.1, -0.05) is 0 Å². The molecular formula is C9H20N2O3S. The number of nitrogens with zero attached hydrogens (tertiary/aromatic N) is 1. The Morgan fingerprint density at radius 2 is 2.20 bits per heavy atom. The average Bonchev–Trinajstić information content (AvgIpc) is 2.09. The van der Waals surface area contributed by atoms with Gasteiger partial charge in [-0.25, -0.2) is 8.42 Å². The highest BCUT2D eigenvalue weighted by Gasteiger charge is 2.31. The molecule has 1 aliphatic heterocycles. The number of hydrogen-bond donors (Lipinski definition) is 2. The molecule has 0 aromatic carbocycles. The first kappa shape index (κ1) is 12.9. The highest BCUT2D eigenvalue weighted by Crippen LogP contribution is 2.14. The van der Waals surface area contributed by atoms with E-state index in [4.69, 9.17) is 10.8 Å². The Labute approximate surface area is 91.2 Å². The van der Waals surface area contributed by atoms with Crippen molar-refractivity contribution in [1.82, 2.24) is 4.90 Å². The summed E-state index contributed by atoms with van der Waals surface area (Å²) < 4.78 is 22.7. The first-order chi connectivity index (χ1) is 6.76. The minimum Gasteiger partial charge on any atom is -0.394 e. The van der Waals surface area contributed by atoms with Gasteiger partial charge < -0.3 is 10.8 Å². The lowest BCUT2D eigenvalue weighted by Crippen LogP contribution is -2.56. The van der Waals surface area contributed by atoms with Gasteiger partial charge in [-0.15, -0.1) is 0 Å². The number of hydrogen-bond acceptors (Lipinski definition) is 5. The summed E-state index contributed by atoms with van der Waals surface area (Å²) in [4.78, 5) is 2.03. The minimum absolute atomic E-state index is 0.0156. The van der Waals surface area contributed by atoms with Crippen LogP contribution in [0.4, 0.5) is 0 Å². The molecule has 2 atom stereocenters. The van der Waals surface area contributed by atoms with Gasteiger partial charge in [0.2, 0.25) is 0 Å². The molecule has 1 heterocycles. The molecular weight excluding hydrogens is 216 g/mol. The zero-order valence-electron chi connectivity index (χ0n) is 9.31. The van der Waals surface area contributed by atoms with Crippen LogP contribution >= 0.6 is 0 Å². The molecule has 1 aliphatic rings. The van der Waals surface area contributed by atoms with Crippen LogP contribution in [0.5, 0.6) is 0 Å². The van der Waals surface area contributed by atoms with Crippen molar-refractivity contribution in [3.8, 4) is 0 Å². The van der Waals surface area contributed by atoms with Crippen LogP contribution in [0.3, 0.4) is 0 Å². The van der Waals surface area contributed by atoms with Crippen molar-refractivity contribution >= 4 is 9.84 Å². The molecule has 1 fully saturated rings. The van der Waals surface area contributed by atoms with Crippen LogP contribution in [0.15, 0.2) is 0 Å². The molecule has 0 radical (unpaired) electrons. The fourth-order valence-electron chi connectivity index (χ4n) is 1.78. The molecule has 0 amide bonds. The second-order valence-corrected chi connectivity index (χ2v) is 6.97. The molecule has 6 heteroatoms. The molecule has 2 unspecified atom stereocenters. The summed E-state index contributed by atoms with van der Waals surface area (Å²) in [5.74, 6) is 0.382. The molecule has 0 aromatic rings. The number of sulfone groups is 1. The van der Waals surface area contributed by atoms with Crippen molar-refractivity contribution in [1.29, 1.82) is 0 Å². The summed E-state index contributed by atoms with van der Waals surface area (Å²) >= 11 is 0. The standard InChI is InChI=1S/C9H20N2O3S/c1-8-5-15(13,14)4-3-11(8)6-9(2,10)7-12/h8,12H,3-7,10H2,1-2H3. The number of aliphatic hydroxyl groups is 1. The highest BCUT2D eigenvalue weighted by molar-refractivity contribution is 7.91. The molecule has 0 saturated carbocycles. The van der Waals surface area contributed by atoms with E-state index in [1.54, 1.807) is 6.92 Å². The summed E-state index contributed by atoms with van der Waals surface area (Å²) in [6.45, 7) is 4.59. The highest BCUT2D eigenvalue weighted by atomic mass is 32.2. The van der Waals surface area contributed by atoms with Crippen molar-refractivity contribution < 1.29 is 13.5 Å². The maximum Gasteiger partial charge on any atom is 0.153 e. The van der Waals surface area contributed by atoms with Crippen LogP contribution in [0.2, 0.25) is 0 Å². The van der Waals surface area contributed by atoms with Crippen molar-refractivity contribution in [3.63, 3.8) is 0 Å². The van der Waals surface area contributed by atoms with Gasteiger partial charge in [-0.3, -0.25) is 4.90 Å². The van der Waals surface area contributed by atoms with E-state index < -0.39 is 15.4 Å². The van der Waals surface area contributed by atoms with E-state index >= 15 is 0 Å². The molecule has 0 spiro atoms. The largest absolute Gasteiger partial charge is 0.394 e. The maximum absolute atomic E-state index is 11.3. The van der Waals surface area contributed by atoms with Gasteiger partial charge in [0.15, 0.2) is 9.84 Å². The Hall–Kier alpha value is -0.170. The van der Waals surface area contributed by atoms with Crippen LogP contribution in [0, 0.1) is 0 Å². The second kappa shape index (κ2) is 4.37. The summed E-state index contributed by atoms with van der Waals surface area (Å²) in [6, 6.07) is -0.0156. The van der Waals surface area contributed by atoms with Gasteiger partial charge in [0.1, 0.15) is 0 Å². The molecule has 0 bridgehead atoms. The van der Waals surface area contributed by atoms with Gasteiger partial charge in [-0.2, -0.15) is 0 Å². The molecule has 1 saturated heterocycles. The van der Waals surface area contributed by atoms with Crippen molar-refractivity contribution in [3.05, 3.63) is 0 Å². The molecule has 0 aliphatic carbocycles. The van der Waals surface area contributed by atoms with Gasteiger partial charge in [0.25, 0.3) is 0 Å². The SMILES string of the molecule is CC1CS(=O)(=O)CCN1CC(C)(N)CO. The van der Waals surface area contributed by atoms with E-state index in [-0.39, 0.29) is 24.2 Å². The molecule has 90 valence electrons. The quantitative estimate of drug-likeness (QED) is 0.644. The lowest BCUT2D eigenvalue weighted by atomic mass is 10.0. The molecule has 15 heavy (non-hydrogen) atoms. The number of nitrogens with two attached hydrogens (primary N) is 1. The first-order valence-electron chi connectivity index (χ1n) is 5.10. The lowest BCUT2D eigenvalue weighted by Gasteiger charge is -2.37. The third-order valence-corrected chi connectivity index (χ3v) is 4.53. The van der Waals surface area contributed by atoms with Crippen molar-refractivity contribution in [2.75, 3.05) is 31.2 Å². The van der Waals surface area contributed by atoms with Crippen molar-refractivity contribution in [2.24, 2.45) is 5.73 Å². The molecule has 5 nitrogen and oxygen atoms in total. The monoisotopic (exact) mass is 236 g/mol. The van der Waals surface area contributed by atoms with E-state index in [1.807, 2.05) is 11.8 Å². The summed E-state index contributed by atoms with van der Waals surface area (Å²) in [6.07, 6.45) is 0. The summed E-state index contributed by atoms with van der Waals surface area (Å²) in [5, 5.41) is 9.04. The van der Waals surface area contributed by atoms with Gasteiger partial charge in [-0.05, 0) is 13.8 Å². The van der Waals surface area contributed by atoms with Gasteiger partial charge in [0, 0.05) is 24.7 Å². The molecule has 0 aromatic heterocycles. The Morgan fingerprint density at radius 3 is 2.67 bits per heavy atom. The summed E-state index contributed by atoms with van der Waals surface area (Å²) in [7, 11) is -2.87. The predicted molar refractivity (Wildman–Crippen MR) is 59.4 cm³/mol. The Bertz CT molecular complexity index is 313. The third-order valence-electron chi connectivity index (χ3n) is 2.73. The van der Waals surface area contributed by atoms with Crippen LogP contribution in [0.1, 0.15) is 13.8 Å². The first-order valence-corrected chi connectivity index (χ1v) is 6.92. The van der Waals surface area contributed by atoms with Gasteiger partial charge >= 0.3 is 0 Å². The zero-order valence-corrected chi connectivity index (χ0v) is 10.1. The van der Waals surface area contributed by atoms with E-state index in [0.717, 1.165) is 0 Å². The maximum atomic E-state index is 11.3. The fourth-order valence-corrected chi connectivity index (χ4v) is 3.41. The topological polar surface area (TPSA) is 83.6 Å². The normalized spacial score (nSPS) is 31.1. The third kappa shape index (κ3) is 3.71. The minimum atomic E-state index is -2.87. The van der Waals surface area contributed by atoms with E-state index in [1.165, 1.54) is 0 Å². The predicted octanol–water partition coefficient (Wildman–Crippen LogP) is -1.18. The van der Waals surface area contributed by atoms with Crippen LogP contribution in [-0.4, -0.2) is 61.2 Å². The molecule has 3 N–H and O–H groups in total. The van der Waals surface area contributed by atoms with Crippen LogP contribution in [0.25, 0.3) is 0 Å². The number of rotatable bonds is 3. The van der Waals surface area contributed by atoms with Crippen LogP contribution < -0.4 is 5.73 Å². The summed E-state index contributed by atoms with van der Waals surface area (Å²) in [5.41, 5.74) is 5.18. The Morgan fingerprint density at radius 1 is 1.60 bits per heavy atom. The lowest BCUT2D eigenvalue weighted by molar-refractivity contribution is 0.130. The van der Waals surface area contributed by atoms with Crippen LogP contribution in [-0.2, 0) is 9.84 Å². The van der Waals surface area contributed by atoms with E-state index in [0.29, 0.717) is 13.1 Å². The van der Waals surface area contributed by atoms with E-state index in [9.17, 15) is 8.42 Å². The van der Waals surface area contributed by atoms with E-state index in [2.05, 4.69) is 0 Å².